The molecule has 2 nitrogen and oxygen atoms in total. The summed E-state index contributed by atoms with van der Waals surface area (Å²) in [7, 11) is 0. The lowest BCUT2D eigenvalue weighted by Gasteiger charge is -2.09. The van der Waals surface area contributed by atoms with Crippen molar-refractivity contribution >= 4 is 35.2 Å². The van der Waals surface area contributed by atoms with Crippen LogP contribution in [0.15, 0.2) is 36.4 Å². The van der Waals surface area contributed by atoms with Gasteiger partial charge < -0.3 is 0 Å². The minimum absolute atomic E-state index is 0.669. The summed E-state index contributed by atoms with van der Waals surface area (Å²) in [6.07, 6.45) is 31.0. The average Bonchev–Trinajstić information content (AvgIpc) is 3.72. The van der Waals surface area contributed by atoms with Crippen LogP contribution >= 0.6 is 22.7 Å². The Balaban J connectivity index is 1.47. The Morgan fingerprint density at radius 2 is 0.773 bits per heavy atom. The number of hydrogen-bond donors (Lipinski definition) is 0. The summed E-state index contributed by atoms with van der Waals surface area (Å²) in [4.78, 5) is 29.3. The maximum atomic E-state index is 12.2. The van der Waals surface area contributed by atoms with Crippen LogP contribution in [0.1, 0.15) is 173 Å². The molecule has 0 amide bonds. The summed E-state index contributed by atoms with van der Waals surface area (Å²) < 4.78 is 0. The van der Waals surface area contributed by atoms with Crippen molar-refractivity contribution in [2.24, 2.45) is 0 Å². The topological polar surface area (TPSA) is 34.1 Å². The standard InChI is InChI=1S/C40H58O2S2/c1-3-5-7-9-11-13-15-17-19-21-23-35-25-27-39(43-35)37-29-34(32-42)38(30-33(37)31-41)40-28-26-36(44-40)24-22-20-18-16-14-12-10-8-6-4-2/h25-32H,3-24H2,1-2H3. The predicted octanol–water partition coefficient (Wildman–Crippen LogP) is 13.7. The van der Waals surface area contributed by atoms with E-state index in [0.29, 0.717) is 11.1 Å². The van der Waals surface area contributed by atoms with Gasteiger partial charge in [-0.15, -0.1) is 22.7 Å². The molecule has 0 N–H and O–H groups in total. The molecule has 1 aromatic carbocycles. The second-order valence-electron chi connectivity index (χ2n) is 12.7. The van der Waals surface area contributed by atoms with E-state index in [1.807, 2.05) is 12.1 Å². The Hall–Kier alpha value is -2.04. The van der Waals surface area contributed by atoms with E-state index in [1.54, 1.807) is 22.7 Å². The third-order valence-electron chi connectivity index (χ3n) is 8.88. The molecule has 0 spiro atoms. The average molecular weight is 635 g/mol. The van der Waals surface area contributed by atoms with E-state index in [1.165, 1.54) is 138 Å². The van der Waals surface area contributed by atoms with Crippen molar-refractivity contribution in [1.82, 2.24) is 0 Å². The maximum absolute atomic E-state index is 12.2. The molecule has 2 aromatic heterocycles. The lowest BCUT2D eigenvalue weighted by atomic mass is 9.97. The molecule has 0 saturated heterocycles. The Kier molecular flexibility index (Phi) is 18.6. The Labute approximate surface area is 277 Å². The van der Waals surface area contributed by atoms with Crippen molar-refractivity contribution in [2.75, 3.05) is 0 Å². The highest BCUT2D eigenvalue weighted by Gasteiger charge is 2.15. The first kappa shape index (κ1) is 36.4. The van der Waals surface area contributed by atoms with Crippen LogP contribution in [0.2, 0.25) is 0 Å². The van der Waals surface area contributed by atoms with Crippen LogP contribution in [-0.4, -0.2) is 12.6 Å². The number of carbonyl (C=O) groups excluding carboxylic acids is 2. The molecule has 0 aliphatic carbocycles. The number of unbranched alkanes of at least 4 members (excludes halogenated alkanes) is 18. The fourth-order valence-electron chi connectivity index (χ4n) is 6.14. The Bertz CT molecular complexity index is 1110. The van der Waals surface area contributed by atoms with Crippen LogP contribution in [0.25, 0.3) is 20.9 Å². The van der Waals surface area contributed by atoms with Gasteiger partial charge in [0.25, 0.3) is 0 Å². The van der Waals surface area contributed by atoms with Gasteiger partial charge in [-0.2, -0.15) is 0 Å². The molecule has 0 atom stereocenters. The molecule has 44 heavy (non-hydrogen) atoms. The molecule has 242 valence electrons. The number of hydrogen-bond acceptors (Lipinski definition) is 4. The minimum atomic E-state index is 0.669. The highest BCUT2D eigenvalue weighted by Crippen LogP contribution is 2.37. The van der Waals surface area contributed by atoms with Crippen molar-refractivity contribution in [2.45, 2.75) is 155 Å². The van der Waals surface area contributed by atoms with Gasteiger partial charge in [-0.1, -0.05) is 129 Å². The number of benzene rings is 1. The number of thiophene rings is 2. The summed E-state index contributed by atoms with van der Waals surface area (Å²) in [6, 6.07) is 12.5. The largest absolute Gasteiger partial charge is 0.298 e. The van der Waals surface area contributed by atoms with E-state index in [0.717, 1.165) is 46.3 Å². The van der Waals surface area contributed by atoms with Gasteiger partial charge in [0.2, 0.25) is 0 Å². The van der Waals surface area contributed by atoms with Crippen LogP contribution in [-0.2, 0) is 12.8 Å². The van der Waals surface area contributed by atoms with Crippen LogP contribution in [0.5, 0.6) is 0 Å². The van der Waals surface area contributed by atoms with Crippen LogP contribution in [0.4, 0.5) is 0 Å². The van der Waals surface area contributed by atoms with Gasteiger partial charge in [-0.3, -0.25) is 9.59 Å². The molecule has 4 heteroatoms. The quantitative estimate of drug-likeness (QED) is 0.0650. The number of aldehydes is 2. The SMILES string of the molecule is CCCCCCCCCCCCc1ccc(-c2cc(C=O)c(-c3ccc(CCCCCCCCCCCC)s3)cc2C=O)s1. The lowest BCUT2D eigenvalue weighted by Crippen LogP contribution is -1.93. The van der Waals surface area contributed by atoms with Gasteiger partial charge >= 0.3 is 0 Å². The van der Waals surface area contributed by atoms with Crippen molar-refractivity contribution in [3.05, 3.63) is 57.3 Å². The second kappa shape index (κ2) is 22.5. The Morgan fingerprint density at radius 3 is 1.09 bits per heavy atom. The molecule has 0 aliphatic rings. The molecule has 0 fully saturated rings. The zero-order valence-corrected chi connectivity index (χ0v) is 29.4. The highest BCUT2D eigenvalue weighted by molar-refractivity contribution is 7.16. The van der Waals surface area contributed by atoms with E-state index >= 15 is 0 Å². The molecular formula is C40H58O2S2. The van der Waals surface area contributed by atoms with Crippen LogP contribution < -0.4 is 0 Å². The van der Waals surface area contributed by atoms with E-state index in [9.17, 15) is 9.59 Å². The first-order chi connectivity index (χ1) is 21.7. The monoisotopic (exact) mass is 634 g/mol. The summed E-state index contributed by atoms with van der Waals surface area (Å²) in [5, 5.41) is 0. The molecule has 0 aliphatic heterocycles. The summed E-state index contributed by atoms with van der Waals surface area (Å²) in [5.41, 5.74) is 3.10. The first-order valence-electron chi connectivity index (χ1n) is 18.0. The van der Waals surface area contributed by atoms with E-state index in [2.05, 4.69) is 38.1 Å². The first-order valence-corrected chi connectivity index (χ1v) is 19.6. The summed E-state index contributed by atoms with van der Waals surface area (Å²) >= 11 is 3.54. The number of rotatable bonds is 26. The molecule has 3 aromatic rings. The highest BCUT2D eigenvalue weighted by atomic mass is 32.1. The van der Waals surface area contributed by atoms with Crippen LogP contribution in [0.3, 0.4) is 0 Å². The smallest absolute Gasteiger partial charge is 0.150 e. The van der Waals surface area contributed by atoms with Gasteiger partial charge in [-0.25, -0.2) is 0 Å². The normalized spacial score (nSPS) is 11.3. The minimum Gasteiger partial charge on any atom is -0.298 e. The number of carbonyl (C=O) groups is 2. The lowest BCUT2D eigenvalue weighted by molar-refractivity contribution is 0.111. The Morgan fingerprint density at radius 1 is 0.455 bits per heavy atom. The summed E-state index contributed by atoms with van der Waals surface area (Å²) in [6.45, 7) is 4.55. The van der Waals surface area contributed by atoms with Gasteiger partial charge in [-0.05, 0) is 62.1 Å². The molecule has 0 saturated carbocycles. The van der Waals surface area contributed by atoms with E-state index < -0.39 is 0 Å². The van der Waals surface area contributed by atoms with E-state index in [4.69, 9.17) is 0 Å². The summed E-state index contributed by atoms with van der Waals surface area (Å²) in [5.74, 6) is 0. The van der Waals surface area contributed by atoms with Crippen molar-refractivity contribution in [1.29, 1.82) is 0 Å². The van der Waals surface area contributed by atoms with E-state index in [-0.39, 0.29) is 0 Å². The van der Waals surface area contributed by atoms with Gasteiger partial charge in [0, 0.05) is 41.8 Å². The van der Waals surface area contributed by atoms with Crippen molar-refractivity contribution < 1.29 is 9.59 Å². The third-order valence-corrected chi connectivity index (χ3v) is 11.2. The molecule has 0 radical (unpaired) electrons. The molecule has 3 rings (SSSR count). The predicted molar refractivity (Wildman–Crippen MR) is 195 cm³/mol. The number of aryl methyl sites for hydroxylation is 2. The van der Waals surface area contributed by atoms with Gasteiger partial charge in [0.05, 0.1) is 0 Å². The second-order valence-corrected chi connectivity index (χ2v) is 15.0. The fraction of sp³-hybridized carbons (Fsp3) is 0.600. The third kappa shape index (κ3) is 13.1. The maximum Gasteiger partial charge on any atom is 0.150 e. The van der Waals surface area contributed by atoms with Gasteiger partial charge in [0.1, 0.15) is 0 Å². The molecular weight excluding hydrogens is 577 g/mol. The molecule has 2 heterocycles. The zero-order chi connectivity index (χ0) is 31.2. The zero-order valence-electron chi connectivity index (χ0n) is 27.8. The van der Waals surface area contributed by atoms with Crippen molar-refractivity contribution in [3.63, 3.8) is 0 Å². The fourth-order valence-corrected chi connectivity index (χ4v) is 8.32. The van der Waals surface area contributed by atoms with Crippen LogP contribution in [0, 0.1) is 0 Å². The van der Waals surface area contributed by atoms with Crippen molar-refractivity contribution in [3.8, 4) is 20.9 Å². The molecule has 0 bridgehead atoms. The molecule has 0 unspecified atom stereocenters. The van der Waals surface area contributed by atoms with Gasteiger partial charge in [0.15, 0.2) is 12.6 Å².